The molecule has 0 fully saturated rings. The molecule has 0 saturated heterocycles. The summed E-state index contributed by atoms with van der Waals surface area (Å²) in [7, 11) is 0. The fourth-order valence-electron chi connectivity index (χ4n) is 21.2. The molecule has 0 aliphatic rings. The Kier molecular flexibility index (Phi) is 21.5. The van der Waals surface area contributed by atoms with Crippen LogP contribution in [0, 0.1) is 0 Å². The third-order valence-corrected chi connectivity index (χ3v) is 28.4. The number of hydrogen-bond donors (Lipinski definition) is 0. The van der Waals surface area contributed by atoms with Gasteiger partial charge in [-0.2, -0.15) is 0 Å². The quantitative estimate of drug-likeness (QED) is 0.0953. The Morgan fingerprint density at radius 3 is 0.533 bits per heavy atom. The highest BCUT2D eigenvalue weighted by Crippen LogP contribution is 2.43. The van der Waals surface area contributed by atoms with E-state index in [0.29, 0.717) is 52.4 Å². The summed E-state index contributed by atoms with van der Waals surface area (Å²) in [6.45, 7) is 0. The Hall–Kier alpha value is -20.6. The number of furan rings is 3. The van der Waals surface area contributed by atoms with Crippen LogP contribution in [0.3, 0.4) is 0 Å². The second-order valence-electron chi connectivity index (χ2n) is 37.4. The largest absolute Gasteiger partial charge is 0.456 e. The molecule has 15 heteroatoms. The van der Waals surface area contributed by atoms with Crippen LogP contribution in [0.1, 0.15) is 0 Å². The molecule has 0 aliphatic carbocycles. The molecule has 0 unspecified atom stereocenters. The van der Waals surface area contributed by atoms with E-state index < -0.39 is 0 Å². The van der Waals surface area contributed by atoms with E-state index in [0.717, 1.165) is 188 Å². The van der Waals surface area contributed by atoms with Crippen LogP contribution < -0.4 is 0 Å². The summed E-state index contributed by atoms with van der Waals surface area (Å²) in [5.41, 5.74) is 30.0. The van der Waals surface area contributed by atoms with Gasteiger partial charge in [0.05, 0.1) is 33.1 Å². The summed E-state index contributed by atoms with van der Waals surface area (Å²) < 4.78 is 25.7. The van der Waals surface area contributed by atoms with Gasteiger partial charge in [0.2, 0.25) is 0 Å². The van der Waals surface area contributed by atoms with Crippen molar-refractivity contribution in [2.24, 2.45) is 0 Å². The van der Waals surface area contributed by atoms with Crippen molar-refractivity contribution in [3.63, 3.8) is 0 Å². The van der Waals surface area contributed by atoms with Crippen molar-refractivity contribution in [1.82, 2.24) is 58.6 Å². The molecule has 0 aliphatic heterocycles. The van der Waals surface area contributed by atoms with Crippen molar-refractivity contribution in [3.05, 3.63) is 510 Å². The molecular weight excluding hydrogens is 1840 g/mol. The first kappa shape index (κ1) is 87.3. The molecule has 0 bridgehead atoms. The molecule has 30 aromatic rings. The molecule has 21 aromatic carbocycles. The van der Waals surface area contributed by atoms with Crippen LogP contribution in [0.5, 0.6) is 0 Å². The van der Waals surface area contributed by atoms with E-state index in [4.69, 9.17) is 58.1 Å². The minimum Gasteiger partial charge on any atom is -0.456 e. The zero-order chi connectivity index (χ0) is 99.1. The van der Waals surface area contributed by atoms with Gasteiger partial charge < -0.3 is 27.0 Å². The monoisotopic (exact) mass is 1920 g/mol. The Labute approximate surface area is 859 Å². The van der Waals surface area contributed by atoms with Gasteiger partial charge in [-0.3, -0.25) is 0 Å². The fraction of sp³-hybridized carbons (Fsp3) is 0. The minimum atomic E-state index is 0.579. The summed E-state index contributed by atoms with van der Waals surface area (Å²) in [6.07, 6.45) is 0. The van der Waals surface area contributed by atoms with Gasteiger partial charge in [0.1, 0.15) is 33.5 Å². The van der Waals surface area contributed by atoms with Gasteiger partial charge in [-0.25, -0.2) is 44.9 Å². The topological polar surface area (TPSA) is 170 Å². The Morgan fingerprint density at radius 2 is 0.280 bits per heavy atom. The van der Waals surface area contributed by atoms with Crippen molar-refractivity contribution >= 4 is 131 Å². The maximum atomic E-state index is 6.29. The fourth-order valence-corrected chi connectivity index (χ4v) is 21.2. The van der Waals surface area contributed by atoms with Crippen LogP contribution in [0.25, 0.3) is 284 Å². The summed E-state index contributed by atoms with van der Waals surface area (Å²) in [6, 6.07) is 176. The number of benzene rings is 21. The zero-order valence-electron chi connectivity index (χ0n) is 80.6. The lowest BCUT2D eigenvalue weighted by atomic mass is 9.99. The van der Waals surface area contributed by atoms with E-state index in [1.54, 1.807) is 0 Å². The molecule has 0 radical (unpaired) electrons. The van der Waals surface area contributed by atoms with Crippen LogP contribution in [0.15, 0.2) is 523 Å². The van der Waals surface area contributed by atoms with Crippen molar-refractivity contribution in [2.45, 2.75) is 0 Å². The maximum Gasteiger partial charge on any atom is 0.164 e. The molecular formula is C135H84N12O3. The van der Waals surface area contributed by atoms with Crippen molar-refractivity contribution in [3.8, 4) is 153 Å². The van der Waals surface area contributed by atoms with Gasteiger partial charge in [-0.15, -0.1) is 0 Å². The van der Waals surface area contributed by atoms with Gasteiger partial charge in [0.15, 0.2) is 52.4 Å². The average Bonchev–Trinajstić information content (AvgIpc) is 1.64. The Bertz CT molecular complexity index is 10300. The minimum absolute atomic E-state index is 0.579. The standard InChI is InChI=1S/C51H32N4O.C45H28N4O.C39H24N4O/c1-2-11-33(12-3-1)34-21-23-35(24-22-34)36-25-27-37(28-26-36)49-52-50(54-51(53-49)39-29-30-44-43-17-6-9-20-47(43)56-48(44)32-39)38-13-10-14-40(31-38)55-45-18-7-4-15-41(45)42-16-5-8-19-46(42)55;1-2-11-29(12-3-1)30-21-23-31(24-22-30)43-46-44(48-45(47-43)33-25-26-38-37-17-6-9-20-41(37)50-42(38)28-33)32-13-10-14-34(27-32)49-39-18-7-4-15-35(39)36-16-5-8-19-40(36)49;1-2-11-25(12-3-1)37-40-38(42-39(41-37)27-21-22-32-31-17-6-9-20-35(31)44-36(32)24-27)26-13-10-14-28(23-26)43-33-18-7-4-15-29(33)30-16-5-8-19-34(30)43/h1-32H;1-28H;1-24H. The van der Waals surface area contributed by atoms with Crippen LogP contribution in [0.4, 0.5) is 0 Å². The smallest absolute Gasteiger partial charge is 0.164 e. The van der Waals surface area contributed by atoms with E-state index >= 15 is 0 Å². The highest BCUT2D eigenvalue weighted by Gasteiger charge is 2.25. The number of hydrogen-bond acceptors (Lipinski definition) is 12. The van der Waals surface area contributed by atoms with Crippen LogP contribution in [-0.4, -0.2) is 58.6 Å². The average molecular weight is 1920 g/mol. The Morgan fingerprint density at radius 1 is 0.113 bits per heavy atom. The predicted octanol–water partition coefficient (Wildman–Crippen LogP) is 34.6. The molecule has 15 nitrogen and oxygen atoms in total. The molecule has 9 heterocycles. The van der Waals surface area contributed by atoms with Crippen molar-refractivity contribution in [2.75, 3.05) is 0 Å². The number of para-hydroxylation sites is 9. The SMILES string of the molecule is c1ccc(-c2ccc(-c3ccc(-c4nc(-c5cccc(-n6c7ccccc7c7ccccc76)c5)nc(-c5ccc6c(c5)oc5ccccc56)n4)cc3)cc2)cc1.c1ccc(-c2ccc(-c3nc(-c4cccc(-n5c6ccccc6c6ccccc65)c4)nc(-c4ccc5c(c4)oc4ccccc45)n3)cc2)cc1.c1ccc(-c2nc(-c3cccc(-n4c5ccccc5c5ccccc54)c3)nc(-c3ccc4c(c3)oc3ccccc34)n2)cc1. The van der Waals surface area contributed by atoms with E-state index in [1.807, 2.05) is 115 Å². The van der Waals surface area contributed by atoms with E-state index in [9.17, 15) is 0 Å². The van der Waals surface area contributed by atoms with Crippen LogP contribution in [0.2, 0.25) is 0 Å². The molecule has 0 saturated carbocycles. The van der Waals surface area contributed by atoms with Gasteiger partial charge in [-0.05, 0) is 161 Å². The van der Waals surface area contributed by atoms with Gasteiger partial charge >= 0.3 is 0 Å². The molecule has 30 rings (SSSR count). The van der Waals surface area contributed by atoms with Crippen LogP contribution >= 0.6 is 0 Å². The highest BCUT2D eigenvalue weighted by atomic mass is 16.3. The first-order valence-corrected chi connectivity index (χ1v) is 50.1. The van der Waals surface area contributed by atoms with E-state index in [1.165, 1.54) is 43.4 Å². The van der Waals surface area contributed by atoms with Gasteiger partial charge in [-0.1, -0.05) is 382 Å². The molecule has 0 N–H and O–H groups in total. The second kappa shape index (κ2) is 37.0. The first-order chi connectivity index (χ1) is 74.3. The predicted molar refractivity (Wildman–Crippen MR) is 610 cm³/mol. The lowest BCUT2D eigenvalue weighted by Crippen LogP contribution is -2.01. The van der Waals surface area contributed by atoms with Crippen LogP contribution in [-0.2, 0) is 0 Å². The number of nitrogens with zero attached hydrogens (tertiary/aromatic N) is 12. The maximum absolute atomic E-state index is 6.29. The van der Waals surface area contributed by atoms with Gasteiger partial charge in [0, 0.05) is 132 Å². The normalized spacial score (nSPS) is 11.6. The summed E-state index contributed by atoms with van der Waals surface area (Å²) in [4.78, 5) is 45.6. The van der Waals surface area contributed by atoms with Crippen molar-refractivity contribution < 1.29 is 13.3 Å². The summed E-state index contributed by atoms with van der Waals surface area (Å²) in [5, 5.41) is 13.8. The number of aromatic nitrogens is 12. The third kappa shape index (κ3) is 15.9. The molecule has 9 aromatic heterocycles. The third-order valence-electron chi connectivity index (χ3n) is 28.4. The lowest BCUT2D eigenvalue weighted by Gasteiger charge is -2.12. The Balaban J connectivity index is 0.000000109. The zero-order valence-corrected chi connectivity index (χ0v) is 80.6. The van der Waals surface area contributed by atoms with E-state index in [-0.39, 0.29) is 0 Å². The summed E-state index contributed by atoms with van der Waals surface area (Å²) >= 11 is 0. The number of fused-ring (bicyclic) bond motifs is 18. The lowest BCUT2D eigenvalue weighted by molar-refractivity contribution is 0.668. The molecule has 0 atom stereocenters. The van der Waals surface area contributed by atoms with Crippen molar-refractivity contribution in [1.29, 1.82) is 0 Å². The number of rotatable bonds is 15. The molecule has 150 heavy (non-hydrogen) atoms. The first-order valence-electron chi connectivity index (χ1n) is 50.1. The second-order valence-corrected chi connectivity index (χ2v) is 37.4. The summed E-state index contributed by atoms with van der Waals surface area (Å²) in [5.74, 6) is 5.40. The van der Waals surface area contributed by atoms with E-state index in [2.05, 4.69) is 408 Å². The molecule has 0 spiro atoms. The molecule has 702 valence electrons. The highest BCUT2D eigenvalue weighted by molar-refractivity contribution is 6.13. The molecule has 0 amide bonds. The van der Waals surface area contributed by atoms with Gasteiger partial charge in [0.25, 0.3) is 0 Å².